The van der Waals surface area contributed by atoms with Gasteiger partial charge in [0.2, 0.25) is 0 Å². The molecule has 1 fully saturated rings. The van der Waals surface area contributed by atoms with E-state index in [-0.39, 0.29) is 17.0 Å². The van der Waals surface area contributed by atoms with Crippen molar-refractivity contribution in [1.29, 1.82) is 5.26 Å². The Morgan fingerprint density at radius 1 is 1.17 bits per heavy atom. The van der Waals surface area contributed by atoms with Crippen molar-refractivity contribution in [2.75, 3.05) is 13.1 Å². The SMILES string of the molecule is Cn1cc2cc(-c3cc(F)c4c(=O)n(C5CCNCC5)ccc4c3)cc(C#N)c2n1. The number of hydrogen-bond acceptors (Lipinski definition) is 4. The number of halogens is 1. The molecular formula is C23H20FN5O. The zero-order valence-electron chi connectivity index (χ0n) is 16.5. The molecule has 0 spiro atoms. The summed E-state index contributed by atoms with van der Waals surface area (Å²) >= 11 is 0. The maximum atomic E-state index is 15.1. The average molecular weight is 401 g/mol. The standard InChI is InChI=1S/C23H20FN5O/c1-28-13-18-10-15(9-17(12-25)22(18)27-28)16-8-14-4-7-29(19-2-5-26-6-3-19)23(30)21(14)20(24)11-16/h4,7-11,13,19,26H,2-3,5-6H2,1H3. The molecule has 0 atom stereocenters. The number of nitrogens with zero attached hydrogens (tertiary/aromatic N) is 4. The van der Waals surface area contributed by atoms with Crippen LogP contribution in [-0.4, -0.2) is 27.4 Å². The van der Waals surface area contributed by atoms with Gasteiger partial charge >= 0.3 is 0 Å². The van der Waals surface area contributed by atoms with E-state index < -0.39 is 5.82 Å². The Labute approximate surface area is 172 Å². The lowest BCUT2D eigenvalue weighted by atomic mass is 9.98. The van der Waals surface area contributed by atoms with Gasteiger partial charge in [0, 0.05) is 30.9 Å². The van der Waals surface area contributed by atoms with E-state index in [9.17, 15) is 10.1 Å². The Hall–Kier alpha value is -3.50. The molecule has 6 nitrogen and oxygen atoms in total. The molecule has 7 heteroatoms. The van der Waals surface area contributed by atoms with Crippen LogP contribution in [-0.2, 0) is 7.05 Å². The summed E-state index contributed by atoms with van der Waals surface area (Å²) in [5.41, 5.74) is 2.11. The van der Waals surface area contributed by atoms with Gasteiger partial charge in [0.15, 0.2) is 0 Å². The van der Waals surface area contributed by atoms with Crippen LogP contribution in [0, 0.1) is 17.1 Å². The highest BCUT2D eigenvalue weighted by molar-refractivity contribution is 5.92. The molecule has 0 radical (unpaired) electrons. The van der Waals surface area contributed by atoms with Gasteiger partial charge in [-0.15, -0.1) is 0 Å². The highest BCUT2D eigenvalue weighted by Gasteiger charge is 2.19. The van der Waals surface area contributed by atoms with Crippen molar-refractivity contribution >= 4 is 21.7 Å². The lowest BCUT2D eigenvalue weighted by Gasteiger charge is -2.25. The van der Waals surface area contributed by atoms with Gasteiger partial charge in [-0.1, -0.05) is 0 Å². The predicted molar refractivity (Wildman–Crippen MR) is 114 cm³/mol. The first-order valence-electron chi connectivity index (χ1n) is 9.98. The summed E-state index contributed by atoms with van der Waals surface area (Å²) in [5, 5.41) is 18.6. The third kappa shape index (κ3) is 2.97. The van der Waals surface area contributed by atoms with Crippen LogP contribution in [0.4, 0.5) is 4.39 Å². The number of piperidine rings is 1. The number of hydrogen-bond donors (Lipinski definition) is 1. The zero-order chi connectivity index (χ0) is 20.8. The summed E-state index contributed by atoms with van der Waals surface area (Å²) in [6.45, 7) is 1.71. The normalized spacial score (nSPS) is 15.0. The van der Waals surface area contributed by atoms with Crippen molar-refractivity contribution in [3.63, 3.8) is 0 Å². The number of aromatic nitrogens is 3. The highest BCUT2D eigenvalue weighted by atomic mass is 19.1. The molecule has 5 rings (SSSR count). The number of benzene rings is 2. The summed E-state index contributed by atoms with van der Waals surface area (Å²) in [6.07, 6.45) is 5.31. The molecule has 4 aromatic rings. The van der Waals surface area contributed by atoms with Crippen LogP contribution < -0.4 is 10.9 Å². The molecule has 1 N–H and O–H groups in total. The molecule has 30 heavy (non-hydrogen) atoms. The Morgan fingerprint density at radius 2 is 1.90 bits per heavy atom. The van der Waals surface area contributed by atoms with Crippen LogP contribution in [0.1, 0.15) is 24.4 Å². The lowest BCUT2D eigenvalue weighted by molar-refractivity contribution is 0.362. The Balaban J connectivity index is 1.66. The van der Waals surface area contributed by atoms with E-state index >= 15 is 4.39 Å². The van der Waals surface area contributed by atoms with Crippen molar-refractivity contribution in [3.05, 3.63) is 64.5 Å². The first-order valence-corrected chi connectivity index (χ1v) is 9.98. The van der Waals surface area contributed by atoms with Gasteiger partial charge < -0.3 is 9.88 Å². The fraction of sp³-hybridized carbons (Fsp3) is 0.261. The Bertz CT molecular complexity index is 1390. The average Bonchev–Trinajstić information content (AvgIpc) is 3.13. The highest BCUT2D eigenvalue weighted by Crippen LogP contribution is 2.30. The Morgan fingerprint density at radius 3 is 2.67 bits per heavy atom. The summed E-state index contributed by atoms with van der Waals surface area (Å²) in [7, 11) is 1.80. The van der Waals surface area contributed by atoms with E-state index in [0.29, 0.717) is 22.0 Å². The van der Waals surface area contributed by atoms with Crippen LogP contribution in [0.5, 0.6) is 0 Å². The van der Waals surface area contributed by atoms with Gasteiger partial charge in [0.05, 0.1) is 10.9 Å². The second kappa shape index (κ2) is 7.08. The van der Waals surface area contributed by atoms with Crippen LogP contribution in [0.25, 0.3) is 32.8 Å². The number of pyridine rings is 1. The minimum atomic E-state index is -0.541. The van der Waals surface area contributed by atoms with Gasteiger partial charge in [-0.25, -0.2) is 4.39 Å². The molecule has 2 aromatic heterocycles. The third-order valence-corrected chi connectivity index (χ3v) is 5.86. The molecule has 0 bridgehead atoms. The van der Waals surface area contributed by atoms with E-state index in [1.807, 2.05) is 18.3 Å². The first kappa shape index (κ1) is 18.5. The third-order valence-electron chi connectivity index (χ3n) is 5.86. The number of aryl methyl sites for hydroxylation is 1. The quantitative estimate of drug-likeness (QED) is 0.558. The summed E-state index contributed by atoms with van der Waals surface area (Å²) < 4.78 is 18.5. The number of nitriles is 1. The second-order valence-electron chi connectivity index (χ2n) is 7.81. The maximum Gasteiger partial charge on any atom is 0.261 e. The minimum Gasteiger partial charge on any atom is -0.317 e. The molecule has 0 saturated carbocycles. The fourth-order valence-corrected chi connectivity index (χ4v) is 4.39. The molecule has 0 amide bonds. The largest absolute Gasteiger partial charge is 0.317 e. The fourth-order valence-electron chi connectivity index (χ4n) is 4.39. The monoisotopic (exact) mass is 401 g/mol. The number of nitrogens with one attached hydrogen (secondary N) is 1. The smallest absolute Gasteiger partial charge is 0.261 e. The van der Waals surface area contributed by atoms with E-state index in [1.54, 1.807) is 34.6 Å². The molecular weight excluding hydrogens is 381 g/mol. The van der Waals surface area contributed by atoms with Gasteiger partial charge in [-0.2, -0.15) is 10.4 Å². The van der Waals surface area contributed by atoms with Crippen LogP contribution >= 0.6 is 0 Å². The van der Waals surface area contributed by atoms with Crippen molar-refractivity contribution in [3.8, 4) is 17.2 Å². The van der Waals surface area contributed by atoms with Gasteiger partial charge in [-0.3, -0.25) is 9.48 Å². The minimum absolute atomic E-state index is 0.0911. The maximum absolute atomic E-state index is 15.1. The van der Waals surface area contributed by atoms with E-state index in [0.717, 1.165) is 36.9 Å². The first-order chi connectivity index (χ1) is 14.5. The molecule has 150 valence electrons. The van der Waals surface area contributed by atoms with E-state index in [2.05, 4.69) is 16.5 Å². The van der Waals surface area contributed by atoms with Crippen molar-refractivity contribution < 1.29 is 4.39 Å². The molecule has 3 heterocycles. The van der Waals surface area contributed by atoms with Crippen LogP contribution in [0.2, 0.25) is 0 Å². The summed E-state index contributed by atoms with van der Waals surface area (Å²) in [6, 6.07) is 10.9. The van der Waals surface area contributed by atoms with Crippen molar-refractivity contribution in [1.82, 2.24) is 19.7 Å². The molecule has 0 unspecified atom stereocenters. The topological polar surface area (TPSA) is 75.6 Å². The molecule has 1 aliphatic heterocycles. The predicted octanol–water partition coefficient (Wildman–Crippen LogP) is 3.49. The van der Waals surface area contributed by atoms with Gasteiger partial charge in [0.25, 0.3) is 5.56 Å². The van der Waals surface area contributed by atoms with Crippen molar-refractivity contribution in [2.45, 2.75) is 18.9 Å². The molecule has 1 saturated heterocycles. The summed E-state index contributed by atoms with van der Waals surface area (Å²) in [4.78, 5) is 13.0. The zero-order valence-corrected chi connectivity index (χ0v) is 16.5. The lowest BCUT2D eigenvalue weighted by Crippen LogP contribution is -2.34. The van der Waals surface area contributed by atoms with Crippen LogP contribution in [0.15, 0.2) is 47.5 Å². The van der Waals surface area contributed by atoms with Crippen LogP contribution in [0.3, 0.4) is 0 Å². The molecule has 0 aliphatic carbocycles. The Kier molecular flexibility index (Phi) is 4.37. The number of rotatable bonds is 2. The van der Waals surface area contributed by atoms with Gasteiger partial charge in [0.1, 0.15) is 17.4 Å². The van der Waals surface area contributed by atoms with Crippen molar-refractivity contribution in [2.24, 2.45) is 7.05 Å². The summed E-state index contributed by atoms with van der Waals surface area (Å²) in [5.74, 6) is -0.541. The van der Waals surface area contributed by atoms with Gasteiger partial charge in [-0.05, 0) is 72.8 Å². The number of fused-ring (bicyclic) bond motifs is 2. The van der Waals surface area contributed by atoms with E-state index in [1.165, 1.54) is 6.07 Å². The molecule has 1 aliphatic rings. The second-order valence-corrected chi connectivity index (χ2v) is 7.81. The molecule has 2 aromatic carbocycles. The van der Waals surface area contributed by atoms with E-state index in [4.69, 9.17) is 0 Å².